The number of methoxy groups -OCH3 is 2. The fraction of sp³-hybridized carbons (Fsp3) is 0.700. The molecular formula is C20H35NO6. The van der Waals surface area contributed by atoms with Crippen LogP contribution in [0.5, 0.6) is 5.75 Å². The smallest absolute Gasteiger partial charge is 0.120 e. The molecule has 0 atom stereocenters. The van der Waals surface area contributed by atoms with E-state index in [0.29, 0.717) is 59.5 Å². The monoisotopic (exact) mass is 385 g/mol. The topological polar surface area (TPSA) is 58.6 Å². The minimum absolute atomic E-state index is 0.562. The highest BCUT2D eigenvalue weighted by Gasteiger charge is 2.05. The van der Waals surface area contributed by atoms with Crippen LogP contribution in [0, 0.1) is 0 Å². The van der Waals surface area contributed by atoms with Gasteiger partial charge in [-0.25, -0.2) is 0 Å². The summed E-state index contributed by atoms with van der Waals surface area (Å²) in [7, 11) is 3.34. The summed E-state index contributed by atoms with van der Waals surface area (Å²) in [6.07, 6.45) is 0. The van der Waals surface area contributed by atoms with Gasteiger partial charge in [-0.1, -0.05) is 6.07 Å². The van der Waals surface area contributed by atoms with E-state index in [1.807, 2.05) is 18.2 Å². The first kappa shape index (κ1) is 23.7. The maximum Gasteiger partial charge on any atom is 0.120 e. The molecule has 1 rings (SSSR count). The highest BCUT2D eigenvalue weighted by Crippen LogP contribution is 2.20. The van der Waals surface area contributed by atoms with Crippen LogP contribution in [0.25, 0.3) is 0 Å². The number of hydrogen-bond acceptors (Lipinski definition) is 7. The molecule has 0 aromatic heterocycles. The van der Waals surface area contributed by atoms with Crippen molar-refractivity contribution in [3.8, 4) is 5.75 Å². The Morgan fingerprint density at radius 2 is 1.30 bits per heavy atom. The van der Waals surface area contributed by atoms with Crippen LogP contribution in [0.1, 0.15) is 6.92 Å². The zero-order valence-electron chi connectivity index (χ0n) is 17.0. The molecule has 156 valence electrons. The zero-order valence-corrected chi connectivity index (χ0v) is 17.0. The minimum Gasteiger partial charge on any atom is -0.497 e. The fourth-order valence-electron chi connectivity index (χ4n) is 2.36. The second kappa shape index (κ2) is 16.8. The molecule has 0 N–H and O–H groups in total. The third-order valence-electron chi connectivity index (χ3n) is 3.85. The number of nitrogens with zero attached hydrogens (tertiary/aromatic N) is 1. The van der Waals surface area contributed by atoms with Gasteiger partial charge >= 0.3 is 0 Å². The molecule has 0 spiro atoms. The summed E-state index contributed by atoms with van der Waals surface area (Å²) in [6.45, 7) is 9.16. The maximum absolute atomic E-state index is 5.66. The van der Waals surface area contributed by atoms with Gasteiger partial charge in [0.2, 0.25) is 0 Å². The first-order chi connectivity index (χ1) is 13.3. The van der Waals surface area contributed by atoms with Gasteiger partial charge < -0.3 is 33.3 Å². The van der Waals surface area contributed by atoms with E-state index < -0.39 is 0 Å². The lowest BCUT2D eigenvalue weighted by Gasteiger charge is -2.23. The number of hydrogen-bond donors (Lipinski definition) is 0. The van der Waals surface area contributed by atoms with Crippen molar-refractivity contribution in [1.29, 1.82) is 0 Å². The van der Waals surface area contributed by atoms with Crippen LogP contribution in [0.15, 0.2) is 24.3 Å². The van der Waals surface area contributed by atoms with Gasteiger partial charge in [0, 0.05) is 32.0 Å². The first-order valence-corrected chi connectivity index (χ1v) is 9.50. The Morgan fingerprint density at radius 3 is 1.81 bits per heavy atom. The zero-order chi connectivity index (χ0) is 19.6. The fourth-order valence-corrected chi connectivity index (χ4v) is 2.36. The Bertz CT molecular complexity index is 460. The van der Waals surface area contributed by atoms with Crippen molar-refractivity contribution in [2.24, 2.45) is 0 Å². The van der Waals surface area contributed by atoms with E-state index in [9.17, 15) is 0 Å². The molecule has 0 amide bonds. The van der Waals surface area contributed by atoms with Crippen LogP contribution in [0.3, 0.4) is 0 Å². The summed E-state index contributed by atoms with van der Waals surface area (Å²) in [5.41, 5.74) is 1.14. The number of likely N-dealkylation sites (N-methyl/N-ethyl adjacent to an activating group) is 1. The first-order valence-electron chi connectivity index (χ1n) is 9.50. The number of anilines is 1. The van der Waals surface area contributed by atoms with Crippen molar-refractivity contribution >= 4 is 5.69 Å². The molecule has 0 saturated heterocycles. The largest absolute Gasteiger partial charge is 0.497 e. The van der Waals surface area contributed by atoms with Gasteiger partial charge in [0.1, 0.15) is 5.75 Å². The lowest BCUT2D eigenvalue weighted by atomic mass is 10.2. The molecule has 0 aliphatic carbocycles. The van der Waals surface area contributed by atoms with Crippen molar-refractivity contribution in [2.45, 2.75) is 6.92 Å². The molecular weight excluding hydrogens is 350 g/mol. The van der Waals surface area contributed by atoms with Gasteiger partial charge in [-0.15, -0.1) is 0 Å². The Hall–Kier alpha value is -1.38. The summed E-state index contributed by atoms with van der Waals surface area (Å²) >= 11 is 0. The Morgan fingerprint density at radius 1 is 0.741 bits per heavy atom. The molecule has 0 radical (unpaired) electrons. The molecule has 7 nitrogen and oxygen atoms in total. The molecule has 7 heteroatoms. The van der Waals surface area contributed by atoms with Gasteiger partial charge in [-0.3, -0.25) is 0 Å². The normalized spacial score (nSPS) is 10.9. The van der Waals surface area contributed by atoms with E-state index >= 15 is 0 Å². The molecule has 0 fully saturated rings. The average molecular weight is 386 g/mol. The summed E-state index contributed by atoms with van der Waals surface area (Å²) in [6, 6.07) is 8.07. The van der Waals surface area contributed by atoms with Crippen molar-refractivity contribution in [3.63, 3.8) is 0 Å². The highest BCUT2D eigenvalue weighted by atomic mass is 16.6. The van der Waals surface area contributed by atoms with Crippen molar-refractivity contribution < 1.29 is 28.4 Å². The van der Waals surface area contributed by atoms with Crippen molar-refractivity contribution in [2.75, 3.05) is 91.7 Å². The van der Waals surface area contributed by atoms with Crippen LogP contribution >= 0.6 is 0 Å². The lowest BCUT2D eigenvalue weighted by Crippen LogP contribution is -2.27. The molecule has 0 unspecified atom stereocenters. The highest BCUT2D eigenvalue weighted by molar-refractivity contribution is 5.50. The Kier molecular flexibility index (Phi) is 14.7. The van der Waals surface area contributed by atoms with Crippen LogP contribution < -0.4 is 9.64 Å². The van der Waals surface area contributed by atoms with Crippen molar-refractivity contribution in [3.05, 3.63) is 24.3 Å². The number of ether oxygens (including phenoxy) is 6. The molecule has 0 saturated carbocycles. The number of benzene rings is 1. The SMILES string of the molecule is CCN(CCOCCOCCOCCOCCOC)c1cccc(OC)c1. The molecule has 0 bridgehead atoms. The van der Waals surface area contributed by atoms with E-state index in [0.717, 1.165) is 24.5 Å². The molecule has 0 heterocycles. The molecule has 0 aliphatic rings. The van der Waals surface area contributed by atoms with Crippen LogP contribution in [0.4, 0.5) is 5.69 Å². The van der Waals surface area contributed by atoms with Gasteiger partial charge in [0.05, 0.1) is 66.6 Å². The van der Waals surface area contributed by atoms with Gasteiger partial charge in [-0.2, -0.15) is 0 Å². The van der Waals surface area contributed by atoms with E-state index in [2.05, 4.69) is 17.9 Å². The van der Waals surface area contributed by atoms with Crippen LogP contribution in [-0.4, -0.2) is 86.8 Å². The Labute approximate surface area is 163 Å². The van der Waals surface area contributed by atoms with E-state index in [4.69, 9.17) is 28.4 Å². The predicted octanol–water partition coefficient (Wildman–Crippen LogP) is 2.23. The maximum atomic E-state index is 5.66. The van der Waals surface area contributed by atoms with E-state index in [-0.39, 0.29) is 0 Å². The molecule has 0 aliphatic heterocycles. The van der Waals surface area contributed by atoms with Crippen LogP contribution in [0.2, 0.25) is 0 Å². The molecule has 27 heavy (non-hydrogen) atoms. The van der Waals surface area contributed by atoms with Crippen molar-refractivity contribution in [1.82, 2.24) is 0 Å². The van der Waals surface area contributed by atoms with E-state index in [1.165, 1.54) is 0 Å². The minimum atomic E-state index is 0.562. The molecule has 1 aromatic rings. The third kappa shape index (κ3) is 11.8. The number of rotatable bonds is 18. The summed E-state index contributed by atoms with van der Waals surface area (Å²) in [5, 5.41) is 0. The second-order valence-electron chi connectivity index (χ2n) is 5.72. The summed E-state index contributed by atoms with van der Waals surface area (Å²) in [4.78, 5) is 2.26. The summed E-state index contributed by atoms with van der Waals surface area (Å²) in [5.74, 6) is 0.865. The second-order valence-corrected chi connectivity index (χ2v) is 5.72. The third-order valence-corrected chi connectivity index (χ3v) is 3.85. The van der Waals surface area contributed by atoms with Crippen LogP contribution in [-0.2, 0) is 23.7 Å². The Balaban J connectivity index is 1.95. The summed E-state index contributed by atoms with van der Waals surface area (Å²) < 4.78 is 32.0. The average Bonchev–Trinajstić information content (AvgIpc) is 2.71. The van der Waals surface area contributed by atoms with E-state index in [1.54, 1.807) is 14.2 Å². The van der Waals surface area contributed by atoms with Gasteiger partial charge in [0.15, 0.2) is 0 Å². The van der Waals surface area contributed by atoms with Gasteiger partial charge in [0.25, 0.3) is 0 Å². The standard InChI is InChI=1S/C20H35NO6/c1-4-21(19-6-5-7-20(18-19)23-3)8-9-24-12-13-26-16-17-27-15-14-25-11-10-22-2/h5-7,18H,4,8-17H2,1-3H3. The lowest BCUT2D eigenvalue weighted by molar-refractivity contribution is -0.00722. The quantitative estimate of drug-likeness (QED) is 0.359. The van der Waals surface area contributed by atoms with Gasteiger partial charge in [-0.05, 0) is 19.1 Å². The predicted molar refractivity (Wildman–Crippen MR) is 106 cm³/mol. The molecule has 1 aromatic carbocycles.